The zero-order valence-corrected chi connectivity index (χ0v) is 21.1. The van der Waals surface area contributed by atoms with Gasteiger partial charge in [-0.2, -0.15) is 5.26 Å². The van der Waals surface area contributed by atoms with Crippen molar-refractivity contribution >= 4 is 17.6 Å². The minimum Gasteiger partial charge on any atom is -0.507 e. The van der Waals surface area contributed by atoms with E-state index in [0.717, 1.165) is 5.69 Å². The maximum Gasteiger partial charge on any atom is 0.256 e. The monoisotopic (exact) mass is 529 g/mol. The Kier molecular flexibility index (Phi) is 7.55. The first-order valence-electron chi connectivity index (χ1n) is 12.3. The van der Waals surface area contributed by atoms with Gasteiger partial charge in [0.15, 0.2) is 5.82 Å². The molecular weight excluding hydrogens is 506 g/mol. The number of phenolic OH excluding ortho intramolecular Hbond substituents is 1. The minimum absolute atomic E-state index is 0.0119. The molecule has 0 aliphatic heterocycles. The fraction of sp³-hybridized carbons (Fsp3) is 0.0667. The van der Waals surface area contributed by atoms with Gasteiger partial charge in [-0.1, -0.05) is 24.3 Å². The van der Waals surface area contributed by atoms with E-state index in [9.17, 15) is 20.0 Å². The zero-order valence-electron chi connectivity index (χ0n) is 21.1. The first-order valence-corrected chi connectivity index (χ1v) is 12.3. The second kappa shape index (κ2) is 11.7. The van der Waals surface area contributed by atoms with Crippen molar-refractivity contribution in [1.29, 1.82) is 5.26 Å². The van der Waals surface area contributed by atoms with Crippen LogP contribution in [0.1, 0.15) is 32.0 Å². The van der Waals surface area contributed by atoms with Crippen LogP contribution in [0.4, 0.5) is 5.82 Å². The number of phenols is 1. The molecule has 0 saturated carbocycles. The van der Waals surface area contributed by atoms with E-state index in [0.29, 0.717) is 46.5 Å². The number of aromatic amines is 1. The van der Waals surface area contributed by atoms with Gasteiger partial charge >= 0.3 is 0 Å². The van der Waals surface area contributed by atoms with Crippen molar-refractivity contribution in [3.63, 3.8) is 0 Å². The molecule has 0 aliphatic rings. The predicted molar refractivity (Wildman–Crippen MR) is 148 cm³/mol. The molecule has 196 valence electrons. The van der Waals surface area contributed by atoms with Crippen LogP contribution < -0.4 is 10.6 Å². The van der Waals surface area contributed by atoms with Gasteiger partial charge in [0.25, 0.3) is 11.8 Å². The van der Waals surface area contributed by atoms with E-state index in [-0.39, 0.29) is 23.0 Å². The van der Waals surface area contributed by atoms with Gasteiger partial charge in [0.2, 0.25) is 0 Å². The highest BCUT2D eigenvalue weighted by Gasteiger charge is 2.20. The number of pyridine rings is 2. The van der Waals surface area contributed by atoms with Crippen LogP contribution >= 0.6 is 0 Å². The van der Waals surface area contributed by atoms with E-state index < -0.39 is 5.91 Å². The molecule has 4 N–H and O–H groups in total. The molecule has 0 unspecified atom stereocenters. The molecule has 0 atom stereocenters. The van der Waals surface area contributed by atoms with Crippen LogP contribution in [0.5, 0.6) is 5.75 Å². The summed E-state index contributed by atoms with van der Waals surface area (Å²) in [5, 5.41) is 26.3. The summed E-state index contributed by atoms with van der Waals surface area (Å²) >= 11 is 0. The second-order valence-electron chi connectivity index (χ2n) is 8.74. The number of para-hydroxylation sites is 1. The number of nitriles is 1. The molecule has 3 heterocycles. The second-order valence-corrected chi connectivity index (χ2v) is 8.74. The molecule has 0 saturated heterocycles. The molecule has 40 heavy (non-hydrogen) atoms. The third-order valence-corrected chi connectivity index (χ3v) is 6.14. The molecule has 2 amide bonds. The molecule has 0 bridgehead atoms. The predicted octanol–water partition coefficient (Wildman–Crippen LogP) is 4.34. The highest BCUT2D eigenvalue weighted by Crippen LogP contribution is 2.35. The van der Waals surface area contributed by atoms with Crippen LogP contribution in [0, 0.1) is 11.3 Å². The summed E-state index contributed by atoms with van der Waals surface area (Å²) in [6.07, 6.45) is 6.90. The lowest BCUT2D eigenvalue weighted by Crippen LogP contribution is -2.25. The summed E-state index contributed by atoms with van der Waals surface area (Å²) < 4.78 is 0. The summed E-state index contributed by atoms with van der Waals surface area (Å²) in [6, 6.07) is 20.4. The number of hydrogen-bond acceptors (Lipinski definition) is 7. The smallest absolute Gasteiger partial charge is 0.256 e. The van der Waals surface area contributed by atoms with Crippen molar-refractivity contribution in [2.45, 2.75) is 6.42 Å². The van der Waals surface area contributed by atoms with Crippen molar-refractivity contribution < 1.29 is 14.7 Å². The van der Waals surface area contributed by atoms with Gasteiger partial charge in [0.05, 0.1) is 17.7 Å². The highest BCUT2D eigenvalue weighted by molar-refractivity contribution is 6.05. The van der Waals surface area contributed by atoms with Crippen molar-refractivity contribution in [2.75, 3.05) is 11.9 Å². The Morgan fingerprint density at radius 1 is 0.950 bits per heavy atom. The molecule has 3 aromatic heterocycles. The topological polar surface area (TPSA) is 157 Å². The summed E-state index contributed by atoms with van der Waals surface area (Å²) in [4.78, 5) is 41.4. The van der Waals surface area contributed by atoms with Crippen molar-refractivity contribution in [3.05, 3.63) is 114 Å². The third-order valence-electron chi connectivity index (χ3n) is 6.14. The van der Waals surface area contributed by atoms with Gasteiger partial charge in [-0.15, -0.1) is 0 Å². The molecule has 0 spiro atoms. The number of nitrogens with zero attached hydrogens (tertiary/aromatic N) is 4. The van der Waals surface area contributed by atoms with E-state index in [1.54, 1.807) is 73.2 Å². The van der Waals surface area contributed by atoms with Crippen molar-refractivity contribution in [3.8, 4) is 34.2 Å². The lowest BCUT2D eigenvalue weighted by Gasteiger charge is -2.15. The molecule has 10 nitrogen and oxygen atoms in total. The number of amides is 2. The molecular formula is C30H23N7O3. The lowest BCUT2D eigenvalue weighted by atomic mass is 9.96. The molecule has 0 radical (unpaired) electrons. The largest absolute Gasteiger partial charge is 0.507 e. The first-order chi connectivity index (χ1) is 19.5. The SMILES string of the molecule is N#Cc1c(-c2cccc(C(=O)NCCc3c[nH]cn3)c2)cc(-c2ccccc2O)nc1NC(=O)c1ccncc1. The number of benzene rings is 2. The van der Waals surface area contributed by atoms with Gasteiger partial charge in [-0.3, -0.25) is 14.6 Å². The number of nitrogens with one attached hydrogen (secondary N) is 3. The van der Waals surface area contributed by atoms with E-state index in [1.165, 1.54) is 18.5 Å². The maximum absolute atomic E-state index is 13.0. The zero-order chi connectivity index (χ0) is 27.9. The van der Waals surface area contributed by atoms with Crippen molar-refractivity contribution in [2.24, 2.45) is 0 Å². The van der Waals surface area contributed by atoms with Gasteiger partial charge in [0.1, 0.15) is 17.4 Å². The molecule has 10 heteroatoms. The maximum atomic E-state index is 13.0. The molecule has 2 aromatic carbocycles. The van der Waals surface area contributed by atoms with Crippen LogP contribution in [0.3, 0.4) is 0 Å². The first kappa shape index (κ1) is 25.8. The third kappa shape index (κ3) is 5.69. The average molecular weight is 530 g/mol. The molecule has 5 aromatic rings. The summed E-state index contributed by atoms with van der Waals surface area (Å²) in [7, 11) is 0. The van der Waals surface area contributed by atoms with Crippen LogP contribution in [-0.2, 0) is 6.42 Å². The summed E-state index contributed by atoms with van der Waals surface area (Å²) in [5.41, 5.74) is 3.43. The van der Waals surface area contributed by atoms with Crippen molar-refractivity contribution in [1.82, 2.24) is 25.3 Å². The number of rotatable bonds is 8. The van der Waals surface area contributed by atoms with E-state index >= 15 is 0 Å². The van der Waals surface area contributed by atoms with Gasteiger partial charge in [-0.05, 0) is 48.0 Å². The number of anilines is 1. The number of carbonyl (C=O) groups excluding carboxylic acids is 2. The Morgan fingerprint density at radius 2 is 1.77 bits per heavy atom. The number of aromatic hydroxyl groups is 1. The fourth-order valence-electron chi connectivity index (χ4n) is 4.15. The Hall–Kier alpha value is -5.82. The van der Waals surface area contributed by atoms with Crippen LogP contribution in [0.15, 0.2) is 91.6 Å². The van der Waals surface area contributed by atoms with Crippen LogP contribution in [0.25, 0.3) is 22.4 Å². The molecule has 5 rings (SSSR count). The number of carbonyl (C=O) groups is 2. The van der Waals surface area contributed by atoms with Crippen LogP contribution in [0.2, 0.25) is 0 Å². The number of aromatic nitrogens is 4. The molecule has 0 aliphatic carbocycles. The molecule has 0 fully saturated rings. The Morgan fingerprint density at radius 3 is 2.52 bits per heavy atom. The summed E-state index contributed by atoms with van der Waals surface area (Å²) in [5.74, 6) is -0.745. The lowest BCUT2D eigenvalue weighted by molar-refractivity contribution is 0.0953. The highest BCUT2D eigenvalue weighted by atomic mass is 16.3. The minimum atomic E-state index is -0.475. The number of hydrogen-bond donors (Lipinski definition) is 4. The quantitative estimate of drug-likeness (QED) is 0.233. The Balaban J connectivity index is 1.53. The number of imidazole rings is 1. The standard InChI is InChI=1S/C30H23N7O3/c31-16-25-24(20-4-3-5-21(14-20)29(39)34-13-10-22-17-33-18-35-22)15-26(23-6-1-2-7-27(23)38)36-28(25)37-30(40)19-8-11-32-12-9-19/h1-9,11-12,14-15,17-18,38H,10,13H2,(H,33,35)(H,34,39)(H,36,37,40). The number of H-pyrrole nitrogens is 1. The normalized spacial score (nSPS) is 10.5. The van der Waals surface area contributed by atoms with E-state index in [2.05, 4.69) is 36.6 Å². The fourth-order valence-corrected chi connectivity index (χ4v) is 4.15. The van der Waals surface area contributed by atoms with Gasteiger partial charge in [-0.25, -0.2) is 9.97 Å². The van der Waals surface area contributed by atoms with Crippen LogP contribution in [-0.4, -0.2) is 43.4 Å². The average Bonchev–Trinajstić information content (AvgIpc) is 3.51. The van der Waals surface area contributed by atoms with Gasteiger partial charge in [0, 0.05) is 53.8 Å². The van der Waals surface area contributed by atoms with Gasteiger partial charge < -0.3 is 20.7 Å². The van der Waals surface area contributed by atoms with E-state index in [1.807, 2.05) is 0 Å². The summed E-state index contributed by atoms with van der Waals surface area (Å²) in [6.45, 7) is 0.398. The van der Waals surface area contributed by atoms with E-state index in [4.69, 9.17) is 0 Å². The Labute approximate surface area is 229 Å². The Bertz CT molecular complexity index is 1710.